The second-order valence-corrected chi connectivity index (χ2v) is 6.92. The lowest BCUT2D eigenvalue weighted by molar-refractivity contribution is 0.287. The van der Waals surface area contributed by atoms with Gasteiger partial charge in [0.2, 0.25) is 0 Å². The van der Waals surface area contributed by atoms with Gasteiger partial charge in [0.25, 0.3) is 0 Å². The van der Waals surface area contributed by atoms with E-state index in [0.717, 1.165) is 43.3 Å². The molecule has 114 valence electrons. The van der Waals surface area contributed by atoms with Gasteiger partial charge in [-0.15, -0.1) is 0 Å². The van der Waals surface area contributed by atoms with Crippen molar-refractivity contribution in [2.24, 2.45) is 5.92 Å². The molecule has 1 aromatic carbocycles. The van der Waals surface area contributed by atoms with Crippen LogP contribution in [-0.2, 0) is 0 Å². The molecule has 1 N–H and O–H groups in total. The summed E-state index contributed by atoms with van der Waals surface area (Å²) in [7, 11) is 0. The topological polar surface area (TPSA) is 24.5 Å². The number of nitrogens with one attached hydrogen (secondary N) is 1. The predicted octanol–water partition coefficient (Wildman–Crippen LogP) is 3.20. The van der Waals surface area contributed by atoms with Crippen LogP contribution < -0.4 is 15.0 Å². The van der Waals surface area contributed by atoms with Crippen molar-refractivity contribution in [3.63, 3.8) is 0 Å². The van der Waals surface area contributed by atoms with E-state index in [-0.39, 0.29) is 0 Å². The van der Waals surface area contributed by atoms with Crippen molar-refractivity contribution in [1.29, 1.82) is 0 Å². The van der Waals surface area contributed by atoms with Crippen LogP contribution in [0.25, 0.3) is 0 Å². The van der Waals surface area contributed by atoms with E-state index in [1.54, 1.807) is 0 Å². The van der Waals surface area contributed by atoms with Crippen LogP contribution in [0.15, 0.2) is 24.3 Å². The van der Waals surface area contributed by atoms with Crippen LogP contribution in [0.4, 0.5) is 5.69 Å². The van der Waals surface area contributed by atoms with Gasteiger partial charge in [-0.1, -0.05) is 12.1 Å². The maximum Gasteiger partial charge on any atom is 0.142 e. The van der Waals surface area contributed by atoms with E-state index in [1.807, 2.05) is 0 Å². The highest BCUT2D eigenvalue weighted by atomic mass is 16.5. The minimum absolute atomic E-state index is 0.813. The number of rotatable bonds is 3. The Kier molecular flexibility index (Phi) is 3.76. The largest absolute Gasteiger partial charge is 0.491 e. The minimum Gasteiger partial charge on any atom is -0.491 e. The molecule has 2 unspecified atom stereocenters. The van der Waals surface area contributed by atoms with Crippen molar-refractivity contribution in [2.75, 3.05) is 24.6 Å². The molecule has 2 fully saturated rings. The van der Waals surface area contributed by atoms with Crippen molar-refractivity contribution < 1.29 is 4.74 Å². The summed E-state index contributed by atoms with van der Waals surface area (Å²) in [6.07, 6.45) is 8.06. The molecule has 1 aromatic rings. The highest BCUT2D eigenvalue weighted by molar-refractivity contribution is 5.58. The van der Waals surface area contributed by atoms with E-state index in [0.29, 0.717) is 0 Å². The number of fused-ring (bicyclic) bond motifs is 3. The first-order chi connectivity index (χ1) is 10.4. The van der Waals surface area contributed by atoms with Crippen LogP contribution in [0.3, 0.4) is 0 Å². The van der Waals surface area contributed by atoms with E-state index < -0.39 is 0 Å². The van der Waals surface area contributed by atoms with Crippen molar-refractivity contribution in [1.82, 2.24) is 5.32 Å². The Balaban J connectivity index is 1.40. The Labute approximate surface area is 127 Å². The molecule has 2 saturated heterocycles. The normalized spacial score (nSPS) is 31.4. The molecule has 3 heterocycles. The number of piperidine rings is 1. The Morgan fingerprint density at radius 3 is 2.81 bits per heavy atom. The number of ether oxygens (including phenoxy) is 1. The molecular formula is C18H26N2O. The first-order valence-corrected chi connectivity index (χ1v) is 8.61. The van der Waals surface area contributed by atoms with Gasteiger partial charge in [0.05, 0.1) is 12.3 Å². The van der Waals surface area contributed by atoms with Crippen molar-refractivity contribution in [2.45, 2.75) is 50.6 Å². The third-order valence-corrected chi connectivity index (χ3v) is 5.41. The molecule has 3 nitrogen and oxygen atoms in total. The summed E-state index contributed by atoms with van der Waals surface area (Å²) in [6.45, 7) is 3.17. The zero-order valence-corrected chi connectivity index (χ0v) is 12.8. The van der Waals surface area contributed by atoms with Crippen molar-refractivity contribution in [3.05, 3.63) is 24.3 Å². The van der Waals surface area contributed by atoms with Crippen molar-refractivity contribution in [3.8, 4) is 5.75 Å². The Morgan fingerprint density at radius 1 is 1.14 bits per heavy atom. The molecule has 4 rings (SSSR count). The zero-order valence-electron chi connectivity index (χ0n) is 12.8. The standard InChI is InChI=1S/C18H26N2O/c1-2-5-18-17(4-1)20(9-3-11-21-18)10-8-14-12-15-6-7-16(13-14)19-15/h1-2,4-5,14-16,19H,3,6-13H2. The average molecular weight is 286 g/mol. The Bertz CT molecular complexity index is 478. The van der Waals surface area contributed by atoms with E-state index in [1.165, 1.54) is 44.3 Å². The van der Waals surface area contributed by atoms with Gasteiger partial charge in [-0.3, -0.25) is 0 Å². The summed E-state index contributed by atoms with van der Waals surface area (Å²) in [5, 5.41) is 3.75. The van der Waals surface area contributed by atoms with Crippen LogP contribution in [0.2, 0.25) is 0 Å². The fraction of sp³-hybridized carbons (Fsp3) is 0.667. The van der Waals surface area contributed by atoms with Crippen LogP contribution >= 0.6 is 0 Å². The highest BCUT2D eigenvalue weighted by Crippen LogP contribution is 2.35. The number of nitrogens with zero attached hydrogens (tertiary/aromatic N) is 1. The molecule has 0 aliphatic carbocycles. The van der Waals surface area contributed by atoms with E-state index >= 15 is 0 Å². The Hall–Kier alpha value is -1.22. The molecule has 0 amide bonds. The third-order valence-electron chi connectivity index (χ3n) is 5.41. The second kappa shape index (κ2) is 5.88. The lowest BCUT2D eigenvalue weighted by Gasteiger charge is -2.31. The average Bonchev–Trinajstić information content (AvgIpc) is 2.74. The van der Waals surface area contributed by atoms with E-state index in [4.69, 9.17) is 4.74 Å². The maximum atomic E-state index is 5.86. The summed E-state index contributed by atoms with van der Waals surface area (Å²) in [5.41, 5.74) is 1.30. The number of hydrogen-bond donors (Lipinski definition) is 1. The molecule has 2 bridgehead atoms. The minimum atomic E-state index is 0.813. The van der Waals surface area contributed by atoms with Crippen LogP contribution in [0, 0.1) is 5.92 Å². The number of benzene rings is 1. The first kappa shape index (κ1) is 13.4. The van der Waals surface area contributed by atoms with Gasteiger partial charge in [0.1, 0.15) is 5.75 Å². The summed E-state index contributed by atoms with van der Waals surface area (Å²) in [6, 6.07) is 10.2. The second-order valence-electron chi connectivity index (χ2n) is 6.92. The summed E-state index contributed by atoms with van der Waals surface area (Å²) in [5.74, 6) is 1.99. The predicted molar refractivity (Wildman–Crippen MR) is 86.1 cm³/mol. The summed E-state index contributed by atoms with van der Waals surface area (Å²) >= 11 is 0. The zero-order chi connectivity index (χ0) is 14.1. The Morgan fingerprint density at radius 2 is 1.95 bits per heavy atom. The van der Waals surface area contributed by atoms with Crippen molar-refractivity contribution >= 4 is 5.69 Å². The molecule has 0 radical (unpaired) electrons. The van der Waals surface area contributed by atoms with Crippen LogP contribution in [0.5, 0.6) is 5.75 Å². The fourth-order valence-electron chi connectivity index (χ4n) is 4.38. The van der Waals surface area contributed by atoms with E-state index in [2.05, 4.69) is 34.5 Å². The molecule has 0 spiro atoms. The molecule has 21 heavy (non-hydrogen) atoms. The summed E-state index contributed by atoms with van der Waals surface area (Å²) < 4.78 is 5.86. The number of para-hydroxylation sites is 2. The molecule has 0 aromatic heterocycles. The fourth-order valence-corrected chi connectivity index (χ4v) is 4.38. The van der Waals surface area contributed by atoms with Gasteiger partial charge in [-0.2, -0.15) is 0 Å². The molecule has 2 atom stereocenters. The maximum absolute atomic E-state index is 5.86. The summed E-state index contributed by atoms with van der Waals surface area (Å²) in [4.78, 5) is 2.55. The molecular weight excluding hydrogens is 260 g/mol. The van der Waals surface area contributed by atoms with Gasteiger partial charge in [-0.05, 0) is 56.6 Å². The first-order valence-electron chi connectivity index (χ1n) is 8.61. The van der Waals surface area contributed by atoms with Gasteiger partial charge < -0.3 is 15.0 Å². The molecule has 3 aliphatic heterocycles. The third kappa shape index (κ3) is 2.89. The molecule has 0 saturated carbocycles. The monoisotopic (exact) mass is 286 g/mol. The van der Waals surface area contributed by atoms with Crippen LogP contribution in [-0.4, -0.2) is 31.8 Å². The van der Waals surface area contributed by atoms with Gasteiger partial charge in [0.15, 0.2) is 0 Å². The number of anilines is 1. The van der Waals surface area contributed by atoms with E-state index in [9.17, 15) is 0 Å². The molecule has 3 heteroatoms. The van der Waals surface area contributed by atoms with Gasteiger partial charge >= 0.3 is 0 Å². The van der Waals surface area contributed by atoms with Gasteiger partial charge in [-0.25, -0.2) is 0 Å². The van der Waals surface area contributed by atoms with Crippen LogP contribution in [0.1, 0.15) is 38.5 Å². The SMILES string of the molecule is c1ccc2c(c1)OCCCN2CCC1CC2CCC(C1)N2. The lowest BCUT2D eigenvalue weighted by Crippen LogP contribution is -2.39. The smallest absolute Gasteiger partial charge is 0.142 e. The lowest BCUT2D eigenvalue weighted by atomic mass is 9.89. The molecule has 3 aliphatic rings. The van der Waals surface area contributed by atoms with Gasteiger partial charge in [0, 0.05) is 25.2 Å². The number of hydrogen-bond acceptors (Lipinski definition) is 3. The quantitative estimate of drug-likeness (QED) is 0.923. The highest BCUT2D eigenvalue weighted by Gasteiger charge is 2.33.